The van der Waals surface area contributed by atoms with Crippen molar-refractivity contribution in [3.63, 3.8) is 0 Å². The molecule has 3 rings (SSSR count). The van der Waals surface area contributed by atoms with Crippen LogP contribution < -0.4 is 5.32 Å². The fraction of sp³-hybridized carbons (Fsp3) is 0.647. The van der Waals surface area contributed by atoms with Crippen LogP contribution in [0, 0.1) is 0 Å². The zero-order valence-electron chi connectivity index (χ0n) is 14.2. The summed E-state index contributed by atoms with van der Waals surface area (Å²) in [6.07, 6.45) is 10.1. The molecule has 0 spiro atoms. The van der Waals surface area contributed by atoms with E-state index in [4.69, 9.17) is 5.11 Å². The third-order valence-electron chi connectivity index (χ3n) is 4.71. The van der Waals surface area contributed by atoms with Crippen molar-refractivity contribution in [1.29, 1.82) is 0 Å². The summed E-state index contributed by atoms with van der Waals surface area (Å²) in [6, 6.07) is 0.236. The Morgan fingerprint density at radius 2 is 1.92 bits per heavy atom. The molecule has 0 atom stereocenters. The molecule has 2 amide bonds. The summed E-state index contributed by atoms with van der Waals surface area (Å²) < 4.78 is 1.43. The van der Waals surface area contributed by atoms with Crippen LogP contribution in [0.4, 0.5) is 0 Å². The van der Waals surface area contributed by atoms with Gasteiger partial charge in [0.05, 0.1) is 11.8 Å². The number of carboxylic acids is 1. The van der Waals surface area contributed by atoms with E-state index in [2.05, 4.69) is 10.4 Å². The van der Waals surface area contributed by atoms with Crippen LogP contribution in [0.15, 0.2) is 12.4 Å². The monoisotopic (exact) mass is 348 g/mol. The molecule has 0 aliphatic heterocycles. The van der Waals surface area contributed by atoms with E-state index in [0.717, 1.165) is 38.5 Å². The average molecular weight is 348 g/mol. The molecule has 0 aromatic carbocycles. The van der Waals surface area contributed by atoms with Crippen molar-refractivity contribution in [3.8, 4) is 0 Å². The first kappa shape index (κ1) is 17.4. The van der Waals surface area contributed by atoms with Crippen LogP contribution in [0.3, 0.4) is 0 Å². The number of aliphatic carboxylic acids is 1. The van der Waals surface area contributed by atoms with Crippen molar-refractivity contribution in [2.45, 2.75) is 63.6 Å². The fourth-order valence-corrected chi connectivity index (χ4v) is 3.29. The molecular formula is C17H24N4O4. The number of hydrogen-bond donors (Lipinski definition) is 2. The highest BCUT2D eigenvalue weighted by atomic mass is 16.4. The molecule has 0 radical (unpaired) electrons. The second-order valence-electron chi connectivity index (χ2n) is 6.89. The Morgan fingerprint density at radius 1 is 1.20 bits per heavy atom. The smallest absolute Gasteiger partial charge is 0.323 e. The minimum absolute atomic E-state index is 0.00144. The van der Waals surface area contributed by atoms with Crippen LogP contribution in [-0.4, -0.2) is 56.2 Å². The third kappa shape index (κ3) is 4.80. The lowest BCUT2D eigenvalue weighted by molar-refractivity contribution is -0.137. The Balaban J connectivity index is 1.56. The molecule has 8 heteroatoms. The minimum atomic E-state index is -1.03. The molecule has 0 unspecified atom stereocenters. The second kappa shape index (κ2) is 7.67. The zero-order chi connectivity index (χ0) is 17.8. The Labute approximate surface area is 146 Å². The molecule has 1 aromatic rings. The number of nitrogens with zero attached hydrogens (tertiary/aromatic N) is 3. The SMILES string of the molecule is O=C(O)CN(C(=O)c1cnn(CC(=O)NC2CCCCC2)c1)C1CC1. The van der Waals surface area contributed by atoms with Crippen LogP contribution in [0.5, 0.6) is 0 Å². The molecule has 0 bridgehead atoms. The molecule has 1 heterocycles. The minimum Gasteiger partial charge on any atom is -0.480 e. The van der Waals surface area contributed by atoms with E-state index < -0.39 is 5.97 Å². The standard InChI is InChI=1S/C17H24N4O4/c22-15(19-13-4-2-1-3-5-13)10-20-9-12(8-18-20)17(25)21(11-16(23)24)14-6-7-14/h8-9,13-14H,1-7,10-11H2,(H,19,22)(H,23,24). The van der Waals surface area contributed by atoms with Crippen LogP contribution >= 0.6 is 0 Å². The van der Waals surface area contributed by atoms with Crippen molar-refractivity contribution in [1.82, 2.24) is 20.0 Å². The maximum absolute atomic E-state index is 12.5. The third-order valence-corrected chi connectivity index (χ3v) is 4.71. The topological polar surface area (TPSA) is 105 Å². The number of aromatic nitrogens is 2. The first-order valence-corrected chi connectivity index (χ1v) is 8.87. The largest absolute Gasteiger partial charge is 0.480 e. The van der Waals surface area contributed by atoms with Gasteiger partial charge in [0.15, 0.2) is 0 Å². The number of carboxylic acid groups (broad SMARTS) is 1. The second-order valence-corrected chi connectivity index (χ2v) is 6.89. The van der Waals surface area contributed by atoms with E-state index in [1.807, 2.05) is 0 Å². The number of nitrogens with one attached hydrogen (secondary N) is 1. The van der Waals surface area contributed by atoms with E-state index in [9.17, 15) is 14.4 Å². The van der Waals surface area contributed by atoms with Crippen molar-refractivity contribution < 1.29 is 19.5 Å². The fourth-order valence-electron chi connectivity index (χ4n) is 3.29. The first-order chi connectivity index (χ1) is 12.0. The lowest BCUT2D eigenvalue weighted by Gasteiger charge is -2.22. The van der Waals surface area contributed by atoms with Crippen LogP contribution in [0.1, 0.15) is 55.3 Å². The van der Waals surface area contributed by atoms with Crippen molar-refractivity contribution in [2.24, 2.45) is 0 Å². The summed E-state index contributed by atoms with van der Waals surface area (Å²) in [5, 5.41) is 16.1. The molecule has 0 saturated heterocycles. The van der Waals surface area contributed by atoms with Crippen LogP contribution in [-0.2, 0) is 16.1 Å². The molecule has 136 valence electrons. The van der Waals surface area contributed by atoms with E-state index in [1.54, 1.807) is 0 Å². The Hall–Kier alpha value is -2.38. The normalized spacial score (nSPS) is 17.9. The number of carbonyl (C=O) groups excluding carboxylic acids is 2. The Bertz CT molecular complexity index is 647. The van der Waals surface area contributed by atoms with Gasteiger partial charge in [-0.2, -0.15) is 5.10 Å². The molecule has 2 saturated carbocycles. The van der Waals surface area contributed by atoms with E-state index in [-0.39, 0.29) is 37.0 Å². The number of carbonyl (C=O) groups is 3. The van der Waals surface area contributed by atoms with Gasteiger partial charge in [-0.3, -0.25) is 19.1 Å². The lowest BCUT2D eigenvalue weighted by atomic mass is 9.95. The first-order valence-electron chi connectivity index (χ1n) is 8.87. The molecule has 2 aliphatic rings. The Kier molecular flexibility index (Phi) is 5.35. The predicted molar refractivity (Wildman–Crippen MR) is 88.9 cm³/mol. The summed E-state index contributed by atoms with van der Waals surface area (Å²) in [5.74, 6) is -1.48. The summed E-state index contributed by atoms with van der Waals surface area (Å²) in [5.41, 5.74) is 0.318. The number of hydrogen-bond acceptors (Lipinski definition) is 4. The van der Waals surface area contributed by atoms with Gasteiger partial charge in [0.1, 0.15) is 13.1 Å². The van der Waals surface area contributed by atoms with Gasteiger partial charge in [0.25, 0.3) is 5.91 Å². The predicted octanol–water partition coefficient (Wildman–Crippen LogP) is 1.02. The quantitative estimate of drug-likeness (QED) is 0.765. The summed E-state index contributed by atoms with van der Waals surface area (Å²) in [6.45, 7) is -0.247. The molecular weight excluding hydrogens is 324 g/mol. The van der Waals surface area contributed by atoms with Crippen molar-refractivity contribution >= 4 is 17.8 Å². The van der Waals surface area contributed by atoms with Crippen molar-refractivity contribution in [3.05, 3.63) is 18.0 Å². The van der Waals surface area contributed by atoms with Crippen LogP contribution in [0.2, 0.25) is 0 Å². The van der Waals surface area contributed by atoms with E-state index in [0.29, 0.717) is 5.56 Å². The van der Waals surface area contributed by atoms with Gasteiger partial charge in [0.2, 0.25) is 5.91 Å². The Morgan fingerprint density at radius 3 is 2.56 bits per heavy atom. The van der Waals surface area contributed by atoms with Crippen LogP contribution in [0.25, 0.3) is 0 Å². The van der Waals surface area contributed by atoms with E-state index >= 15 is 0 Å². The van der Waals surface area contributed by atoms with Gasteiger partial charge in [0, 0.05) is 18.3 Å². The lowest BCUT2D eigenvalue weighted by Crippen LogP contribution is -2.38. The van der Waals surface area contributed by atoms with Gasteiger partial charge in [-0.05, 0) is 25.7 Å². The summed E-state index contributed by atoms with van der Waals surface area (Å²) in [7, 11) is 0. The van der Waals surface area contributed by atoms with Gasteiger partial charge >= 0.3 is 5.97 Å². The maximum Gasteiger partial charge on any atom is 0.323 e. The number of rotatable bonds is 7. The van der Waals surface area contributed by atoms with Gasteiger partial charge < -0.3 is 15.3 Å². The van der Waals surface area contributed by atoms with E-state index in [1.165, 1.54) is 28.4 Å². The average Bonchev–Trinajstić information content (AvgIpc) is 3.32. The molecule has 2 N–H and O–H groups in total. The maximum atomic E-state index is 12.5. The van der Waals surface area contributed by atoms with Crippen molar-refractivity contribution in [2.75, 3.05) is 6.54 Å². The highest BCUT2D eigenvalue weighted by Crippen LogP contribution is 2.28. The zero-order valence-corrected chi connectivity index (χ0v) is 14.2. The molecule has 8 nitrogen and oxygen atoms in total. The molecule has 2 aliphatic carbocycles. The summed E-state index contributed by atoms with van der Waals surface area (Å²) >= 11 is 0. The van der Waals surface area contributed by atoms with Gasteiger partial charge in [-0.1, -0.05) is 19.3 Å². The molecule has 25 heavy (non-hydrogen) atoms. The number of amides is 2. The highest BCUT2D eigenvalue weighted by molar-refractivity contribution is 5.96. The van der Waals surface area contributed by atoms with Gasteiger partial charge in [-0.15, -0.1) is 0 Å². The van der Waals surface area contributed by atoms with Gasteiger partial charge in [-0.25, -0.2) is 0 Å². The highest BCUT2D eigenvalue weighted by Gasteiger charge is 2.34. The molecule has 1 aromatic heterocycles. The molecule has 2 fully saturated rings. The summed E-state index contributed by atoms with van der Waals surface area (Å²) in [4.78, 5) is 36.9.